The van der Waals surface area contributed by atoms with Crippen LogP contribution in [0.3, 0.4) is 0 Å². The van der Waals surface area contributed by atoms with Gasteiger partial charge in [0, 0.05) is 5.56 Å². The van der Waals surface area contributed by atoms with Gasteiger partial charge in [0.15, 0.2) is 18.1 Å². The van der Waals surface area contributed by atoms with Crippen LogP contribution < -0.4 is 9.47 Å². The van der Waals surface area contributed by atoms with Crippen molar-refractivity contribution in [1.29, 1.82) is 0 Å². The lowest BCUT2D eigenvalue weighted by atomic mass is 10.1. The molecule has 3 aromatic rings. The molecule has 0 radical (unpaired) electrons. The molecule has 26 heavy (non-hydrogen) atoms. The van der Waals surface area contributed by atoms with Gasteiger partial charge < -0.3 is 18.7 Å². The van der Waals surface area contributed by atoms with Gasteiger partial charge in [-0.2, -0.15) is 4.98 Å². The fourth-order valence-corrected chi connectivity index (χ4v) is 2.47. The molecule has 0 unspecified atom stereocenters. The number of hydrogen-bond acceptors (Lipinski definition) is 7. The summed E-state index contributed by atoms with van der Waals surface area (Å²) in [4.78, 5) is 16.0. The molecule has 0 spiro atoms. The number of halogens is 1. The fraction of sp³-hybridized carbons (Fsp3) is 0.167. The normalized spacial score (nSPS) is 12.2. The van der Waals surface area contributed by atoms with Gasteiger partial charge in [0.05, 0.1) is 6.42 Å². The molecule has 0 aliphatic carbocycles. The molecule has 7 nitrogen and oxygen atoms in total. The standard InChI is InChI=1S/C18H13FN2O5/c19-13-3-1-2-11(6-13)7-17(22)23-9-16-20-18(21-26-16)12-4-5-14-15(8-12)25-10-24-14/h1-6,8H,7,9-10H2. The van der Waals surface area contributed by atoms with E-state index in [1.165, 1.54) is 18.2 Å². The van der Waals surface area contributed by atoms with E-state index in [9.17, 15) is 9.18 Å². The summed E-state index contributed by atoms with van der Waals surface area (Å²) in [5, 5.41) is 3.86. The highest BCUT2D eigenvalue weighted by Crippen LogP contribution is 2.35. The summed E-state index contributed by atoms with van der Waals surface area (Å²) >= 11 is 0. The molecule has 0 N–H and O–H groups in total. The van der Waals surface area contributed by atoms with E-state index in [1.807, 2.05) is 0 Å². The molecular weight excluding hydrogens is 343 g/mol. The fourth-order valence-electron chi connectivity index (χ4n) is 2.47. The van der Waals surface area contributed by atoms with Crippen LogP contribution >= 0.6 is 0 Å². The molecule has 0 saturated carbocycles. The smallest absolute Gasteiger partial charge is 0.310 e. The molecule has 2 heterocycles. The molecule has 0 fully saturated rings. The number of carbonyl (C=O) groups excluding carboxylic acids is 1. The largest absolute Gasteiger partial charge is 0.455 e. The van der Waals surface area contributed by atoms with Crippen molar-refractivity contribution >= 4 is 5.97 Å². The SMILES string of the molecule is O=C(Cc1cccc(F)c1)OCc1nc(-c2ccc3c(c2)OCO3)no1. The Morgan fingerprint density at radius 1 is 1.15 bits per heavy atom. The Bertz CT molecular complexity index is 956. The number of fused-ring (bicyclic) bond motifs is 1. The van der Waals surface area contributed by atoms with Gasteiger partial charge in [-0.3, -0.25) is 4.79 Å². The Morgan fingerprint density at radius 3 is 2.92 bits per heavy atom. The van der Waals surface area contributed by atoms with E-state index in [1.54, 1.807) is 24.3 Å². The topological polar surface area (TPSA) is 83.7 Å². The van der Waals surface area contributed by atoms with Crippen LogP contribution in [0, 0.1) is 5.82 Å². The monoisotopic (exact) mass is 356 g/mol. The molecule has 132 valence electrons. The maximum Gasteiger partial charge on any atom is 0.310 e. The Morgan fingerprint density at radius 2 is 2.04 bits per heavy atom. The maximum atomic E-state index is 13.1. The minimum Gasteiger partial charge on any atom is -0.455 e. The molecule has 1 aliphatic heterocycles. The number of ether oxygens (including phenoxy) is 3. The van der Waals surface area contributed by atoms with Crippen molar-refractivity contribution in [3.63, 3.8) is 0 Å². The zero-order chi connectivity index (χ0) is 17.9. The van der Waals surface area contributed by atoms with Crippen LogP contribution in [-0.2, 0) is 22.6 Å². The number of rotatable bonds is 5. The van der Waals surface area contributed by atoms with E-state index in [-0.39, 0.29) is 25.7 Å². The molecule has 0 saturated heterocycles. The third-order valence-electron chi connectivity index (χ3n) is 3.69. The molecular formula is C18H13FN2O5. The summed E-state index contributed by atoms with van der Waals surface area (Å²) in [6.45, 7) is 0.0171. The van der Waals surface area contributed by atoms with Crippen molar-refractivity contribution in [2.75, 3.05) is 6.79 Å². The number of carbonyl (C=O) groups is 1. The first-order chi connectivity index (χ1) is 12.7. The summed E-state index contributed by atoms with van der Waals surface area (Å²) in [6.07, 6.45) is -0.0408. The second-order valence-electron chi connectivity index (χ2n) is 5.55. The van der Waals surface area contributed by atoms with Crippen molar-refractivity contribution in [3.05, 3.63) is 59.7 Å². The van der Waals surface area contributed by atoms with Crippen LogP contribution in [0.1, 0.15) is 11.5 Å². The van der Waals surface area contributed by atoms with Gasteiger partial charge in [0.1, 0.15) is 5.82 Å². The Labute approximate surface area is 147 Å². The average molecular weight is 356 g/mol. The van der Waals surface area contributed by atoms with E-state index in [2.05, 4.69) is 10.1 Å². The van der Waals surface area contributed by atoms with Crippen LogP contribution in [0.4, 0.5) is 4.39 Å². The molecule has 4 rings (SSSR count). The molecule has 2 aromatic carbocycles. The van der Waals surface area contributed by atoms with Crippen molar-refractivity contribution in [1.82, 2.24) is 10.1 Å². The molecule has 8 heteroatoms. The zero-order valence-corrected chi connectivity index (χ0v) is 13.5. The van der Waals surface area contributed by atoms with E-state index in [4.69, 9.17) is 18.7 Å². The molecule has 0 atom stereocenters. The van der Waals surface area contributed by atoms with Crippen molar-refractivity contribution in [2.45, 2.75) is 13.0 Å². The average Bonchev–Trinajstić information content (AvgIpc) is 3.28. The highest BCUT2D eigenvalue weighted by atomic mass is 19.1. The second kappa shape index (κ2) is 6.83. The molecule has 1 aliphatic rings. The van der Waals surface area contributed by atoms with Gasteiger partial charge in [-0.05, 0) is 35.9 Å². The Kier molecular flexibility index (Phi) is 4.22. The van der Waals surface area contributed by atoms with Crippen molar-refractivity contribution in [2.24, 2.45) is 0 Å². The predicted octanol–water partition coefficient (Wildman–Crippen LogP) is 2.89. The lowest BCUT2D eigenvalue weighted by Gasteiger charge is -2.02. The summed E-state index contributed by atoms with van der Waals surface area (Å²) in [7, 11) is 0. The maximum absolute atomic E-state index is 13.1. The quantitative estimate of drug-likeness (QED) is 0.650. The minimum absolute atomic E-state index is 0.0408. The molecule has 0 bridgehead atoms. The first-order valence-electron chi connectivity index (χ1n) is 7.80. The van der Waals surface area contributed by atoms with Gasteiger partial charge in [-0.25, -0.2) is 4.39 Å². The molecule has 1 aromatic heterocycles. The van der Waals surface area contributed by atoms with Crippen LogP contribution in [0.25, 0.3) is 11.4 Å². The lowest BCUT2D eigenvalue weighted by Crippen LogP contribution is -2.08. The van der Waals surface area contributed by atoms with Crippen LogP contribution in [0.2, 0.25) is 0 Å². The summed E-state index contributed by atoms with van der Waals surface area (Å²) in [6, 6.07) is 11.1. The summed E-state index contributed by atoms with van der Waals surface area (Å²) in [5.74, 6) is 0.850. The Hall–Kier alpha value is -3.42. The third-order valence-corrected chi connectivity index (χ3v) is 3.69. The highest BCUT2D eigenvalue weighted by Gasteiger charge is 2.17. The number of aromatic nitrogens is 2. The predicted molar refractivity (Wildman–Crippen MR) is 85.8 cm³/mol. The summed E-state index contributed by atoms with van der Waals surface area (Å²) < 4.78 is 33.8. The van der Waals surface area contributed by atoms with E-state index in [0.717, 1.165) is 0 Å². The highest BCUT2D eigenvalue weighted by molar-refractivity contribution is 5.72. The minimum atomic E-state index is -0.515. The molecule has 0 amide bonds. The van der Waals surface area contributed by atoms with E-state index >= 15 is 0 Å². The van der Waals surface area contributed by atoms with E-state index in [0.29, 0.717) is 28.5 Å². The van der Waals surface area contributed by atoms with Crippen molar-refractivity contribution in [3.8, 4) is 22.9 Å². The van der Waals surface area contributed by atoms with Gasteiger partial charge in [0.2, 0.25) is 12.6 Å². The van der Waals surface area contributed by atoms with E-state index < -0.39 is 11.8 Å². The first kappa shape index (κ1) is 16.1. The zero-order valence-electron chi connectivity index (χ0n) is 13.5. The number of nitrogens with zero attached hydrogens (tertiary/aromatic N) is 2. The second-order valence-corrected chi connectivity index (χ2v) is 5.55. The first-order valence-corrected chi connectivity index (χ1v) is 7.80. The van der Waals surface area contributed by atoms with Crippen LogP contribution in [0.5, 0.6) is 11.5 Å². The van der Waals surface area contributed by atoms with Crippen molar-refractivity contribution < 1.29 is 27.9 Å². The number of hydrogen-bond donors (Lipinski definition) is 0. The van der Waals surface area contributed by atoms with Gasteiger partial charge in [0.25, 0.3) is 5.89 Å². The Balaban J connectivity index is 1.37. The van der Waals surface area contributed by atoms with Gasteiger partial charge in [-0.1, -0.05) is 17.3 Å². The van der Waals surface area contributed by atoms with Gasteiger partial charge in [-0.15, -0.1) is 0 Å². The third kappa shape index (κ3) is 3.49. The number of esters is 1. The summed E-state index contributed by atoms with van der Waals surface area (Å²) in [5.41, 5.74) is 1.22. The van der Waals surface area contributed by atoms with Gasteiger partial charge >= 0.3 is 5.97 Å². The van der Waals surface area contributed by atoms with Crippen LogP contribution in [0.15, 0.2) is 47.0 Å². The van der Waals surface area contributed by atoms with Crippen LogP contribution in [-0.4, -0.2) is 22.9 Å². The number of benzene rings is 2. The lowest BCUT2D eigenvalue weighted by molar-refractivity contribution is -0.144.